The van der Waals surface area contributed by atoms with Crippen LogP contribution in [0, 0.1) is 5.92 Å². The first kappa shape index (κ1) is 14.4. The van der Waals surface area contributed by atoms with E-state index in [0.717, 1.165) is 17.7 Å². The molecule has 0 saturated heterocycles. The van der Waals surface area contributed by atoms with Crippen molar-refractivity contribution in [3.63, 3.8) is 0 Å². The van der Waals surface area contributed by atoms with Gasteiger partial charge in [0.15, 0.2) is 5.78 Å². The van der Waals surface area contributed by atoms with E-state index in [1.807, 2.05) is 36.0 Å². The molecule has 0 aliphatic heterocycles. The van der Waals surface area contributed by atoms with Gasteiger partial charge in [-0.3, -0.25) is 4.79 Å². The van der Waals surface area contributed by atoms with Crippen LogP contribution in [0.3, 0.4) is 0 Å². The van der Waals surface area contributed by atoms with Gasteiger partial charge in [0.05, 0.1) is 0 Å². The molecular weight excluding hydrogens is 276 g/mol. The number of hydrogen-bond acceptors (Lipinski definition) is 2. The van der Waals surface area contributed by atoms with Crippen LogP contribution in [0.15, 0.2) is 54.6 Å². The lowest BCUT2D eigenvalue weighted by molar-refractivity contribution is 0.0918. The maximum absolute atomic E-state index is 12.6. The molecule has 108 valence electrons. The molecule has 0 amide bonds. The largest absolute Gasteiger partial charge is 0.294 e. The van der Waals surface area contributed by atoms with Gasteiger partial charge in [0.2, 0.25) is 0 Å². The van der Waals surface area contributed by atoms with Gasteiger partial charge < -0.3 is 0 Å². The van der Waals surface area contributed by atoms with E-state index in [2.05, 4.69) is 44.2 Å². The van der Waals surface area contributed by atoms with E-state index < -0.39 is 0 Å². The molecule has 2 heteroatoms. The van der Waals surface area contributed by atoms with Crippen molar-refractivity contribution in [2.24, 2.45) is 5.92 Å². The van der Waals surface area contributed by atoms with Crippen LogP contribution in [0.1, 0.15) is 35.3 Å². The Labute approximate surface area is 130 Å². The van der Waals surface area contributed by atoms with Crippen molar-refractivity contribution < 1.29 is 4.79 Å². The van der Waals surface area contributed by atoms with Gasteiger partial charge in [-0.25, -0.2) is 0 Å². The number of carbonyl (C=O) groups excluding carboxylic acids is 1. The molecule has 0 spiro atoms. The second kappa shape index (κ2) is 5.69. The van der Waals surface area contributed by atoms with E-state index in [9.17, 15) is 4.79 Å². The Kier molecular flexibility index (Phi) is 3.90. The molecular formula is C19H20OS. The standard InChI is InChI=1S/C19H20OS/c1-19(2,21-13-14-8-4-3-5-9-14)17-12-15-10-6-7-11-16(15)18(17)20/h3-11,17H,12-13H2,1-2H3/t17-/m1/s1. The summed E-state index contributed by atoms with van der Waals surface area (Å²) in [6.45, 7) is 4.41. The molecule has 1 nitrogen and oxygen atoms in total. The van der Waals surface area contributed by atoms with Crippen LogP contribution in [0.2, 0.25) is 0 Å². The lowest BCUT2D eigenvalue weighted by Gasteiger charge is -2.30. The Morgan fingerprint density at radius 3 is 2.43 bits per heavy atom. The summed E-state index contributed by atoms with van der Waals surface area (Å²) in [7, 11) is 0. The molecule has 1 atom stereocenters. The molecule has 0 heterocycles. The number of benzene rings is 2. The van der Waals surface area contributed by atoms with E-state index in [4.69, 9.17) is 0 Å². The van der Waals surface area contributed by atoms with E-state index in [1.54, 1.807) is 0 Å². The van der Waals surface area contributed by atoms with E-state index in [-0.39, 0.29) is 10.7 Å². The topological polar surface area (TPSA) is 17.1 Å². The van der Waals surface area contributed by atoms with Gasteiger partial charge in [0.1, 0.15) is 0 Å². The van der Waals surface area contributed by atoms with E-state index in [0.29, 0.717) is 5.78 Å². The van der Waals surface area contributed by atoms with Crippen LogP contribution < -0.4 is 0 Å². The number of hydrogen-bond donors (Lipinski definition) is 0. The fourth-order valence-corrected chi connectivity index (χ4v) is 4.07. The van der Waals surface area contributed by atoms with Crippen molar-refractivity contribution in [2.75, 3.05) is 0 Å². The highest BCUT2D eigenvalue weighted by Gasteiger charge is 2.41. The fourth-order valence-electron chi connectivity index (χ4n) is 2.94. The summed E-state index contributed by atoms with van der Waals surface area (Å²) < 4.78 is -0.0497. The molecule has 0 unspecified atom stereocenters. The quantitative estimate of drug-likeness (QED) is 0.809. The highest BCUT2D eigenvalue weighted by atomic mass is 32.2. The summed E-state index contributed by atoms with van der Waals surface area (Å²) in [5.74, 6) is 1.35. The highest BCUT2D eigenvalue weighted by molar-refractivity contribution is 7.99. The molecule has 1 aliphatic carbocycles. The third-order valence-electron chi connectivity index (χ3n) is 4.32. The monoisotopic (exact) mass is 296 g/mol. The molecule has 1 aliphatic rings. The van der Waals surface area contributed by atoms with Crippen LogP contribution in [0.4, 0.5) is 0 Å². The lowest BCUT2D eigenvalue weighted by Crippen LogP contribution is -2.32. The lowest BCUT2D eigenvalue weighted by atomic mass is 9.91. The summed E-state index contributed by atoms with van der Waals surface area (Å²) in [4.78, 5) is 12.6. The van der Waals surface area contributed by atoms with Crippen LogP contribution in [-0.4, -0.2) is 10.5 Å². The minimum atomic E-state index is -0.0497. The molecule has 0 saturated carbocycles. The number of Topliss-reactive ketones (excluding diaryl/α,β-unsaturated/α-hetero) is 1. The van der Waals surface area contributed by atoms with Crippen molar-refractivity contribution in [3.05, 3.63) is 71.3 Å². The van der Waals surface area contributed by atoms with Crippen molar-refractivity contribution in [3.8, 4) is 0 Å². The third kappa shape index (κ3) is 2.91. The Morgan fingerprint density at radius 2 is 1.71 bits per heavy atom. The molecule has 0 fully saturated rings. The third-order valence-corrected chi connectivity index (χ3v) is 5.82. The van der Waals surface area contributed by atoms with Gasteiger partial charge in [0.25, 0.3) is 0 Å². The maximum atomic E-state index is 12.6. The SMILES string of the molecule is CC(C)(SCc1ccccc1)[C@@H]1Cc2ccccc2C1=O. The number of ketones is 1. The first-order chi connectivity index (χ1) is 10.1. The molecule has 2 aromatic carbocycles. The van der Waals surface area contributed by atoms with Gasteiger partial charge in [-0.15, -0.1) is 0 Å². The molecule has 0 aromatic heterocycles. The summed E-state index contributed by atoms with van der Waals surface area (Å²) in [6.07, 6.45) is 0.879. The number of fused-ring (bicyclic) bond motifs is 1. The number of carbonyl (C=O) groups is 1. The van der Waals surface area contributed by atoms with Crippen LogP contribution in [-0.2, 0) is 12.2 Å². The maximum Gasteiger partial charge on any atom is 0.167 e. The molecule has 2 aromatic rings. The smallest absolute Gasteiger partial charge is 0.167 e. The first-order valence-corrected chi connectivity index (χ1v) is 8.36. The summed E-state index contributed by atoms with van der Waals surface area (Å²) in [5, 5.41) is 0. The van der Waals surface area contributed by atoms with Crippen molar-refractivity contribution >= 4 is 17.5 Å². The van der Waals surface area contributed by atoms with E-state index in [1.165, 1.54) is 11.1 Å². The van der Waals surface area contributed by atoms with E-state index >= 15 is 0 Å². The minimum absolute atomic E-state index is 0.0497. The molecule has 3 rings (SSSR count). The second-order valence-electron chi connectivity index (χ2n) is 6.16. The summed E-state index contributed by atoms with van der Waals surface area (Å²) in [5.41, 5.74) is 3.45. The first-order valence-electron chi connectivity index (χ1n) is 7.38. The van der Waals surface area contributed by atoms with Gasteiger partial charge in [-0.1, -0.05) is 54.6 Å². The summed E-state index contributed by atoms with van der Waals surface area (Å²) >= 11 is 1.88. The van der Waals surface area contributed by atoms with Crippen LogP contribution in [0.25, 0.3) is 0 Å². The second-order valence-corrected chi connectivity index (χ2v) is 7.79. The van der Waals surface area contributed by atoms with Crippen LogP contribution in [0.5, 0.6) is 0 Å². The van der Waals surface area contributed by atoms with Crippen LogP contribution >= 0.6 is 11.8 Å². The Hall–Kier alpha value is -1.54. The zero-order chi connectivity index (χ0) is 14.9. The fraction of sp³-hybridized carbons (Fsp3) is 0.316. The molecule has 21 heavy (non-hydrogen) atoms. The minimum Gasteiger partial charge on any atom is -0.294 e. The predicted octanol–water partition coefficient (Wildman–Crippen LogP) is 4.75. The predicted molar refractivity (Wildman–Crippen MR) is 89.8 cm³/mol. The van der Waals surface area contributed by atoms with Gasteiger partial charge in [0, 0.05) is 22.0 Å². The average Bonchev–Trinajstić information content (AvgIpc) is 2.85. The van der Waals surface area contributed by atoms with Crippen molar-refractivity contribution in [1.82, 2.24) is 0 Å². The van der Waals surface area contributed by atoms with Crippen molar-refractivity contribution in [2.45, 2.75) is 30.8 Å². The van der Waals surface area contributed by atoms with Gasteiger partial charge in [-0.05, 0) is 31.4 Å². The molecule has 0 bridgehead atoms. The molecule has 0 radical (unpaired) electrons. The van der Waals surface area contributed by atoms with Crippen molar-refractivity contribution in [1.29, 1.82) is 0 Å². The normalized spacial score (nSPS) is 17.8. The highest BCUT2D eigenvalue weighted by Crippen LogP contribution is 2.42. The zero-order valence-electron chi connectivity index (χ0n) is 12.5. The Morgan fingerprint density at radius 1 is 1.05 bits per heavy atom. The number of thioether (sulfide) groups is 1. The van der Waals surface area contributed by atoms with Gasteiger partial charge in [-0.2, -0.15) is 11.8 Å². The zero-order valence-corrected chi connectivity index (χ0v) is 13.3. The number of rotatable bonds is 4. The average molecular weight is 296 g/mol. The van der Waals surface area contributed by atoms with Gasteiger partial charge >= 0.3 is 0 Å². The Bertz CT molecular complexity index is 646. The molecule has 0 N–H and O–H groups in total. The Balaban J connectivity index is 1.73. The summed E-state index contributed by atoms with van der Waals surface area (Å²) in [6, 6.07) is 18.5.